The van der Waals surface area contributed by atoms with Gasteiger partial charge in [-0.2, -0.15) is 0 Å². The van der Waals surface area contributed by atoms with Crippen molar-refractivity contribution in [3.8, 4) is 0 Å². The van der Waals surface area contributed by atoms with Gasteiger partial charge in [0.15, 0.2) is 11.6 Å². The number of nitrogen functional groups attached to an aromatic ring is 1. The van der Waals surface area contributed by atoms with E-state index in [4.69, 9.17) is 5.73 Å². The summed E-state index contributed by atoms with van der Waals surface area (Å²) < 4.78 is 26.0. The number of nitrogens with two attached hydrogens (primary N) is 1. The average molecular weight is 290 g/mol. The first-order valence-corrected chi connectivity index (χ1v) is 6.54. The third kappa shape index (κ3) is 4.02. The zero-order valence-electron chi connectivity index (χ0n) is 11.6. The topological polar surface area (TPSA) is 55.1 Å². The van der Waals surface area contributed by atoms with E-state index in [1.54, 1.807) is 31.2 Å². The van der Waals surface area contributed by atoms with Crippen LogP contribution in [-0.2, 0) is 11.2 Å². The number of amides is 1. The average Bonchev–Trinajstić information content (AvgIpc) is 2.44. The number of hydrogen-bond donors (Lipinski definition) is 2. The molecule has 1 amide bonds. The summed E-state index contributed by atoms with van der Waals surface area (Å²) in [6.45, 7) is 1.72. The molecule has 2 aromatic carbocycles. The van der Waals surface area contributed by atoms with Crippen molar-refractivity contribution in [3.05, 3.63) is 65.2 Å². The predicted octanol–water partition coefficient (Wildman–Crippen LogP) is 2.97. The lowest BCUT2D eigenvalue weighted by Crippen LogP contribution is -2.28. The zero-order chi connectivity index (χ0) is 15.4. The second-order valence-corrected chi connectivity index (χ2v) is 4.88. The molecule has 21 heavy (non-hydrogen) atoms. The summed E-state index contributed by atoms with van der Waals surface area (Å²) in [5, 5.41) is 2.75. The van der Waals surface area contributed by atoms with E-state index in [9.17, 15) is 13.6 Å². The van der Waals surface area contributed by atoms with Crippen molar-refractivity contribution in [2.24, 2.45) is 0 Å². The minimum absolute atomic E-state index is 0.197. The van der Waals surface area contributed by atoms with Gasteiger partial charge in [-0.25, -0.2) is 8.78 Å². The number of halogens is 2. The van der Waals surface area contributed by atoms with Gasteiger partial charge in [0, 0.05) is 5.69 Å². The molecular formula is C16H16F2N2O. The third-order valence-corrected chi connectivity index (χ3v) is 3.17. The minimum Gasteiger partial charge on any atom is -0.399 e. The van der Waals surface area contributed by atoms with Crippen molar-refractivity contribution in [1.82, 2.24) is 5.32 Å². The fourth-order valence-electron chi connectivity index (χ4n) is 1.98. The quantitative estimate of drug-likeness (QED) is 0.851. The minimum atomic E-state index is -0.924. The molecule has 0 aliphatic carbocycles. The van der Waals surface area contributed by atoms with Crippen molar-refractivity contribution < 1.29 is 13.6 Å². The van der Waals surface area contributed by atoms with Gasteiger partial charge in [-0.1, -0.05) is 18.2 Å². The number of carbonyl (C=O) groups excluding carboxylic acids is 1. The van der Waals surface area contributed by atoms with Crippen LogP contribution in [0.2, 0.25) is 0 Å². The maximum Gasteiger partial charge on any atom is 0.224 e. The lowest BCUT2D eigenvalue weighted by atomic mass is 10.1. The van der Waals surface area contributed by atoms with Gasteiger partial charge in [0.2, 0.25) is 5.91 Å². The van der Waals surface area contributed by atoms with Gasteiger partial charge < -0.3 is 11.1 Å². The highest BCUT2D eigenvalue weighted by Crippen LogP contribution is 2.16. The van der Waals surface area contributed by atoms with E-state index < -0.39 is 17.7 Å². The lowest BCUT2D eigenvalue weighted by molar-refractivity contribution is -0.121. The van der Waals surface area contributed by atoms with Crippen LogP contribution in [0.5, 0.6) is 0 Å². The summed E-state index contributed by atoms with van der Waals surface area (Å²) in [7, 11) is 0. The zero-order valence-corrected chi connectivity index (χ0v) is 11.6. The molecule has 0 bridgehead atoms. The number of rotatable bonds is 4. The molecule has 0 aliphatic heterocycles. The van der Waals surface area contributed by atoms with Crippen molar-refractivity contribution in [3.63, 3.8) is 0 Å². The highest BCUT2D eigenvalue weighted by molar-refractivity contribution is 5.79. The summed E-state index contributed by atoms with van der Waals surface area (Å²) in [6.07, 6.45) is 0.203. The number of nitrogens with one attached hydrogen (secondary N) is 1. The Morgan fingerprint density at radius 1 is 1.14 bits per heavy atom. The molecule has 1 atom stereocenters. The monoisotopic (exact) mass is 290 g/mol. The fourth-order valence-corrected chi connectivity index (χ4v) is 1.98. The van der Waals surface area contributed by atoms with Crippen molar-refractivity contribution in [1.29, 1.82) is 0 Å². The number of anilines is 1. The van der Waals surface area contributed by atoms with Gasteiger partial charge in [0.25, 0.3) is 0 Å². The summed E-state index contributed by atoms with van der Waals surface area (Å²) >= 11 is 0. The summed E-state index contributed by atoms with van der Waals surface area (Å²) in [6, 6.07) is 10.2. The first-order valence-electron chi connectivity index (χ1n) is 6.54. The lowest BCUT2D eigenvalue weighted by Gasteiger charge is -2.14. The molecule has 3 nitrogen and oxygen atoms in total. The van der Waals surface area contributed by atoms with Gasteiger partial charge in [0.1, 0.15) is 0 Å². The second kappa shape index (κ2) is 6.35. The molecule has 0 spiro atoms. The number of carbonyl (C=O) groups is 1. The van der Waals surface area contributed by atoms with Crippen LogP contribution in [0.3, 0.4) is 0 Å². The molecular weight excluding hydrogens is 274 g/mol. The summed E-state index contributed by atoms with van der Waals surface area (Å²) in [4.78, 5) is 11.9. The molecule has 0 saturated carbocycles. The van der Waals surface area contributed by atoms with Crippen molar-refractivity contribution >= 4 is 11.6 Å². The predicted molar refractivity (Wildman–Crippen MR) is 77.5 cm³/mol. The summed E-state index contributed by atoms with van der Waals surface area (Å²) in [5.41, 5.74) is 7.55. The smallest absolute Gasteiger partial charge is 0.224 e. The Morgan fingerprint density at radius 3 is 2.43 bits per heavy atom. The summed E-state index contributed by atoms with van der Waals surface area (Å²) in [5.74, 6) is -2.02. The van der Waals surface area contributed by atoms with Crippen LogP contribution in [0.25, 0.3) is 0 Å². The SMILES string of the molecule is CC(NC(=O)Cc1ccc(N)cc1)c1ccc(F)c(F)c1. The molecule has 1 unspecified atom stereocenters. The van der Waals surface area contributed by atoms with Crippen LogP contribution < -0.4 is 11.1 Å². The van der Waals surface area contributed by atoms with Gasteiger partial charge in [-0.05, 0) is 42.3 Å². The normalized spacial score (nSPS) is 12.0. The second-order valence-electron chi connectivity index (χ2n) is 4.88. The Balaban J connectivity index is 1.98. The van der Waals surface area contributed by atoms with Gasteiger partial charge in [0.05, 0.1) is 12.5 Å². The molecule has 0 heterocycles. The maximum atomic E-state index is 13.2. The van der Waals surface area contributed by atoms with E-state index in [1.165, 1.54) is 6.07 Å². The molecule has 5 heteroatoms. The molecule has 0 aromatic heterocycles. The standard InChI is InChI=1S/C16H16F2N2O/c1-10(12-4-7-14(17)15(18)9-12)20-16(21)8-11-2-5-13(19)6-3-11/h2-7,9-10H,8,19H2,1H3,(H,20,21). The Labute approximate surface area is 121 Å². The highest BCUT2D eigenvalue weighted by atomic mass is 19.2. The number of hydrogen-bond acceptors (Lipinski definition) is 2. The van der Waals surface area contributed by atoms with E-state index in [-0.39, 0.29) is 12.3 Å². The van der Waals surface area contributed by atoms with E-state index in [0.29, 0.717) is 11.3 Å². The highest BCUT2D eigenvalue weighted by Gasteiger charge is 2.12. The fraction of sp³-hybridized carbons (Fsp3) is 0.188. The first-order chi connectivity index (χ1) is 9.95. The van der Waals surface area contributed by atoms with E-state index in [2.05, 4.69) is 5.32 Å². The van der Waals surface area contributed by atoms with Crippen LogP contribution >= 0.6 is 0 Å². The van der Waals surface area contributed by atoms with Crippen molar-refractivity contribution in [2.75, 3.05) is 5.73 Å². The third-order valence-electron chi connectivity index (χ3n) is 3.17. The van der Waals surface area contributed by atoms with Gasteiger partial charge in [-0.3, -0.25) is 4.79 Å². The van der Waals surface area contributed by atoms with Crippen LogP contribution in [0.4, 0.5) is 14.5 Å². The van der Waals surface area contributed by atoms with Crippen molar-refractivity contribution in [2.45, 2.75) is 19.4 Å². The van der Waals surface area contributed by atoms with Crippen LogP contribution in [0, 0.1) is 11.6 Å². The Bertz CT molecular complexity index is 641. The molecule has 2 aromatic rings. The van der Waals surface area contributed by atoms with E-state index in [0.717, 1.165) is 17.7 Å². The van der Waals surface area contributed by atoms with Crippen LogP contribution in [0.1, 0.15) is 24.1 Å². The molecule has 0 fully saturated rings. The Morgan fingerprint density at radius 2 is 1.81 bits per heavy atom. The molecule has 110 valence electrons. The van der Waals surface area contributed by atoms with Crippen LogP contribution in [-0.4, -0.2) is 5.91 Å². The Kier molecular flexibility index (Phi) is 4.52. The molecule has 0 saturated heterocycles. The van der Waals surface area contributed by atoms with E-state index >= 15 is 0 Å². The van der Waals surface area contributed by atoms with Crippen LogP contribution in [0.15, 0.2) is 42.5 Å². The van der Waals surface area contributed by atoms with E-state index in [1.807, 2.05) is 0 Å². The molecule has 0 radical (unpaired) electrons. The van der Waals surface area contributed by atoms with Gasteiger partial charge in [-0.15, -0.1) is 0 Å². The number of benzene rings is 2. The molecule has 3 N–H and O–H groups in total. The maximum absolute atomic E-state index is 13.2. The molecule has 2 rings (SSSR count). The first kappa shape index (κ1) is 15.0. The molecule has 0 aliphatic rings. The Hall–Kier alpha value is -2.43. The largest absolute Gasteiger partial charge is 0.399 e. The van der Waals surface area contributed by atoms with Gasteiger partial charge >= 0.3 is 0 Å².